The molecule has 1 aliphatic rings. The van der Waals surface area contributed by atoms with Gasteiger partial charge in [0, 0.05) is 19.5 Å². The van der Waals surface area contributed by atoms with Crippen LogP contribution in [0.3, 0.4) is 0 Å². The van der Waals surface area contributed by atoms with E-state index in [0.29, 0.717) is 6.42 Å². The summed E-state index contributed by atoms with van der Waals surface area (Å²) in [5.74, 6) is 0.957. The second-order valence-corrected chi connectivity index (χ2v) is 6.19. The number of para-hydroxylation sites is 2. The van der Waals surface area contributed by atoms with E-state index < -0.39 is 0 Å². The van der Waals surface area contributed by atoms with E-state index in [4.69, 9.17) is 0 Å². The molecule has 2 rings (SSSR count). The maximum atomic E-state index is 12.0. The Hall–Kier alpha value is -1.51. The van der Waals surface area contributed by atoms with Crippen molar-refractivity contribution in [1.29, 1.82) is 0 Å². The van der Waals surface area contributed by atoms with Crippen LogP contribution in [0, 0.1) is 5.92 Å². The normalized spacial score (nSPS) is 16.0. The number of unbranched alkanes of at least 4 members (excludes halogenated alkanes) is 2. The van der Waals surface area contributed by atoms with Crippen molar-refractivity contribution in [3.05, 3.63) is 24.3 Å². The summed E-state index contributed by atoms with van der Waals surface area (Å²) in [4.78, 5) is 14.4. The smallest absolute Gasteiger partial charge is 0.224 e. The topological polar surface area (TPSA) is 32.3 Å². The highest BCUT2D eigenvalue weighted by Crippen LogP contribution is 2.29. The van der Waals surface area contributed by atoms with E-state index in [1.165, 1.54) is 18.5 Å². The van der Waals surface area contributed by atoms with Gasteiger partial charge in [-0.25, -0.2) is 0 Å². The van der Waals surface area contributed by atoms with Crippen molar-refractivity contribution in [2.45, 2.75) is 52.4 Å². The molecule has 0 atom stereocenters. The predicted octanol–water partition coefficient (Wildman–Crippen LogP) is 4.44. The number of piperidine rings is 1. The van der Waals surface area contributed by atoms with Gasteiger partial charge in [0.05, 0.1) is 11.4 Å². The predicted molar refractivity (Wildman–Crippen MR) is 89.8 cm³/mol. The van der Waals surface area contributed by atoms with Crippen molar-refractivity contribution in [3.8, 4) is 0 Å². The van der Waals surface area contributed by atoms with Crippen LogP contribution in [0.5, 0.6) is 0 Å². The maximum Gasteiger partial charge on any atom is 0.224 e. The zero-order valence-corrected chi connectivity index (χ0v) is 13.4. The van der Waals surface area contributed by atoms with E-state index in [0.717, 1.165) is 44.0 Å². The van der Waals surface area contributed by atoms with Crippen molar-refractivity contribution in [1.82, 2.24) is 0 Å². The summed E-state index contributed by atoms with van der Waals surface area (Å²) in [6.45, 7) is 6.65. The average Bonchev–Trinajstić information content (AvgIpc) is 2.49. The Morgan fingerprint density at radius 1 is 1.24 bits per heavy atom. The number of hydrogen-bond donors (Lipinski definition) is 1. The van der Waals surface area contributed by atoms with Crippen molar-refractivity contribution in [2.75, 3.05) is 23.3 Å². The van der Waals surface area contributed by atoms with Crippen LogP contribution in [0.1, 0.15) is 52.4 Å². The molecule has 21 heavy (non-hydrogen) atoms. The Morgan fingerprint density at radius 3 is 2.67 bits per heavy atom. The molecule has 0 unspecified atom stereocenters. The zero-order chi connectivity index (χ0) is 15.1. The number of carbonyl (C=O) groups is 1. The molecule has 116 valence electrons. The van der Waals surface area contributed by atoms with Gasteiger partial charge in [-0.1, -0.05) is 38.8 Å². The number of anilines is 2. The first-order valence-corrected chi connectivity index (χ1v) is 8.34. The average molecular weight is 288 g/mol. The first kappa shape index (κ1) is 15.9. The van der Waals surface area contributed by atoms with Gasteiger partial charge in [-0.2, -0.15) is 0 Å². The first-order valence-electron chi connectivity index (χ1n) is 8.34. The van der Waals surface area contributed by atoms with Crippen molar-refractivity contribution >= 4 is 17.3 Å². The van der Waals surface area contributed by atoms with Crippen LogP contribution in [0.4, 0.5) is 11.4 Å². The van der Waals surface area contributed by atoms with Gasteiger partial charge in [0.2, 0.25) is 5.91 Å². The summed E-state index contributed by atoms with van der Waals surface area (Å²) >= 11 is 0. The van der Waals surface area contributed by atoms with Gasteiger partial charge < -0.3 is 10.2 Å². The number of nitrogens with one attached hydrogen (secondary N) is 1. The summed E-state index contributed by atoms with van der Waals surface area (Å²) in [7, 11) is 0. The molecule has 3 nitrogen and oxygen atoms in total. The van der Waals surface area contributed by atoms with Crippen LogP contribution in [0.2, 0.25) is 0 Å². The van der Waals surface area contributed by atoms with Gasteiger partial charge in [-0.15, -0.1) is 0 Å². The molecule has 0 bridgehead atoms. The zero-order valence-electron chi connectivity index (χ0n) is 13.4. The standard InChI is InChI=1S/C18H28N2O/c1-3-4-5-10-18(21)19-16-8-6-7-9-17(16)20-13-11-15(2)12-14-20/h6-9,15H,3-5,10-14H2,1-2H3,(H,19,21). The van der Waals surface area contributed by atoms with E-state index in [9.17, 15) is 4.79 Å². The van der Waals surface area contributed by atoms with Crippen molar-refractivity contribution in [3.63, 3.8) is 0 Å². The lowest BCUT2D eigenvalue weighted by Crippen LogP contribution is -2.33. The monoisotopic (exact) mass is 288 g/mol. The molecule has 1 amide bonds. The second-order valence-electron chi connectivity index (χ2n) is 6.19. The lowest BCUT2D eigenvalue weighted by Gasteiger charge is -2.33. The largest absolute Gasteiger partial charge is 0.370 e. The quantitative estimate of drug-likeness (QED) is 0.785. The summed E-state index contributed by atoms with van der Waals surface area (Å²) in [6, 6.07) is 8.20. The van der Waals surface area contributed by atoms with Gasteiger partial charge >= 0.3 is 0 Å². The summed E-state index contributed by atoms with van der Waals surface area (Å²) in [6.07, 6.45) is 6.34. The number of carbonyl (C=O) groups excluding carboxylic acids is 1. The minimum absolute atomic E-state index is 0.140. The number of rotatable bonds is 6. The third kappa shape index (κ3) is 4.76. The van der Waals surface area contributed by atoms with E-state index in [2.05, 4.69) is 36.2 Å². The molecule has 1 aliphatic heterocycles. The van der Waals surface area contributed by atoms with E-state index >= 15 is 0 Å². The summed E-state index contributed by atoms with van der Waals surface area (Å²) < 4.78 is 0. The molecule has 0 aliphatic carbocycles. The third-order valence-corrected chi connectivity index (χ3v) is 4.31. The fourth-order valence-electron chi connectivity index (χ4n) is 2.85. The SMILES string of the molecule is CCCCCC(=O)Nc1ccccc1N1CCC(C)CC1. The Labute approximate surface area is 128 Å². The maximum absolute atomic E-state index is 12.0. The van der Waals surface area contributed by atoms with Crippen LogP contribution < -0.4 is 10.2 Å². The van der Waals surface area contributed by atoms with Gasteiger partial charge in [-0.05, 0) is 37.3 Å². The van der Waals surface area contributed by atoms with Crippen LogP contribution in [0.25, 0.3) is 0 Å². The molecule has 1 aromatic rings. The van der Waals surface area contributed by atoms with Crippen LogP contribution in [-0.4, -0.2) is 19.0 Å². The number of nitrogens with zero attached hydrogens (tertiary/aromatic N) is 1. The molecule has 1 saturated heterocycles. The Kier molecular flexibility index (Phi) is 6.09. The number of hydrogen-bond acceptors (Lipinski definition) is 2. The number of amides is 1. The highest BCUT2D eigenvalue weighted by Gasteiger charge is 2.18. The molecule has 3 heteroatoms. The third-order valence-electron chi connectivity index (χ3n) is 4.31. The van der Waals surface area contributed by atoms with E-state index in [1.807, 2.05) is 12.1 Å². The minimum atomic E-state index is 0.140. The van der Waals surface area contributed by atoms with Crippen LogP contribution >= 0.6 is 0 Å². The molecule has 1 N–H and O–H groups in total. The van der Waals surface area contributed by atoms with Crippen molar-refractivity contribution in [2.24, 2.45) is 5.92 Å². The molecule has 1 heterocycles. The van der Waals surface area contributed by atoms with Gasteiger partial charge in [0.15, 0.2) is 0 Å². The fraction of sp³-hybridized carbons (Fsp3) is 0.611. The Bertz CT molecular complexity index is 450. The molecule has 0 spiro atoms. The molecule has 0 saturated carbocycles. The van der Waals surface area contributed by atoms with E-state index in [-0.39, 0.29) is 5.91 Å². The fourth-order valence-corrected chi connectivity index (χ4v) is 2.85. The van der Waals surface area contributed by atoms with Gasteiger partial charge in [-0.3, -0.25) is 4.79 Å². The second kappa shape index (κ2) is 8.06. The highest BCUT2D eigenvalue weighted by atomic mass is 16.1. The molecular weight excluding hydrogens is 260 g/mol. The Balaban J connectivity index is 1.98. The van der Waals surface area contributed by atoms with Gasteiger partial charge in [0.1, 0.15) is 0 Å². The van der Waals surface area contributed by atoms with Crippen molar-refractivity contribution < 1.29 is 4.79 Å². The molecule has 1 fully saturated rings. The molecular formula is C18H28N2O. The molecule has 1 aromatic carbocycles. The molecule has 0 aromatic heterocycles. The van der Waals surface area contributed by atoms with E-state index in [1.54, 1.807) is 0 Å². The summed E-state index contributed by atoms with van der Waals surface area (Å²) in [5.41, 5.74) is 2.14. The first-order chi connectivity index (χ1) is 10.2. The van der Waals surface area contributed by atoms with Crippen LogP contribution in [-0.2, 0) is 4.79 Å². The molecule has 0 radical (unpaired) electrons. The summed E-state index contributed by atoms with van der Waals surface area (Å²) in [5, 5.41) is 3.10. The number of benzene rings is 1. The highest BCUT2D eigenvalue weighted by molar-refractivity contribution is 5.94. The minimum Gasteiger partial charge on any atom is -0.370 e. The lowest BCUT2D eigenvalue weighted by molar-refractivity contribution is -0.116. The lowest BCUT2D eigenvalue weighted by atomic mass is 9.98. The van der Waals surface area contributed by atoms with Crippen LogP contribution in [0.15, 0.2) is 24.3 Å². The van der Waals surface area contributed by atoms with Gasteiger partial charge in [0.25, 0.3) is 0 Å². The Morgan fingerprint density at radius 2 is 1.95 bits per heavy atom.